The molecule has 0 radical (unpaired) electrons. The second-order valence-electron chi connectivity index (χ2n) is 5.04. The first-order chi connectivity index (χ1) is 8.52. The molecule has 1 aliphatic rings. The first kappa shape index (κ1) is 13.3. The molecule has 4 heteroatoms. The van der Waals surface area contributed by atoms with E-state index in [0.29, 0.717) is 5.56 Å². The van der Waals surface area contributed by atoms with Crippen LogP contribution in [0.3, 0.4) is 0 Å². The number of anilines is 1. The van der Waals surface area contributed by atoms with Gasteiger partial charge in [-0.05, 0) is 43.5 Å². The molecule has 0 aromatic heterocycles. The summed E-state index contributed by atoms with van der Waals surface area (Å²) in [6.45, 7) is 5.45. The van der Waals surface area contributed by atoms with E-state index in [1.54, 1.807) is 20.1 Å². The van der Waals surface area contributed by atoms with Gasteiger partial charge in [0.25, 0.3) is 0 Å². The molecule has 0 aliphatic carbocycles. The molecule has 2 atom stereocenters. The van der Waals surface area contributed by atoms with Crippen LogP contribution in [0.15, 0.2) is 12.1 Å². The third kappa shape index (κ3) is 2.49. The van der Waals surface area contributed by atoms with Crippen LogP contribution in [0.1, 0.15) is 30.5 Å². The summed E-state index contributed by atoms with van der Waals surface area (Å²) in [4.78, 5) is 2.24. The van der Waals surface area contributed by atoms with Gasteiger partial charge in [-0.15, -0.1) is 0 Å². The van der Waals surface area contributed by atoms with E-state index >= 15 is 0 Å². The van der Waals surface area contributed by atoms with Gasteiger partial charge in [0.2, 0.25) is 0 Å². The number of aryl methyl sites for hydroxylation is 1. The SMILES string of the molecule is COC1CCN(c2cc(C)c(F)cc2[C@@H](C)N)C1. The number of ether oxygens (including phenoxy) is 1. The van der Waals surface area contributed by atoms with Gasteiger partial charge < -0.3 is 15.4 Å². The van der Waals surface area contributed by atoms with Crippen LogP contribution in [0.2, 0.25) is 0 Å². The molecule has 3 nitrogen and oxygen atoms in total. The summed E-state index contributed by atoms with van der Waals surface area (Å²) in [6, 6.07) is 3.29. The standard InChI is InChI=1S/C14H21FN2O/c1-9-6-14(12(10(2)16)7-13(9)15)17-5-4-11(8-17)18-3/h6-7,10-11H,4-5,8,16H2,1-3H3/t10-,11?/m1/s1. The molecule has 1 heterocycles. The highest BCUT2D eigenvalue weighted by Gasteiger charge is 2.25. The molecule has 100 valence electrons. The van der Waals surface area contributed by atoms with Crippen LogP contribution in [0.4, 0.5) is 10.1 Å². The van der Waals surface area contributed by atoms with Gasteiger partial charge >= 0.3 is 0 Å². The summed E-state index contributed by atoms with van der Waals surface area (Å²) in [6.07, 6.45) is 1.27. The van der Waals surface area contributed by atoms with Crippen molar-refractivity contribution >= 4 is 5.69 Å². The van der Waals surface area contributed by atoms with E-state index < -0.39 is 0 Å². The minimum Gasteiger partial charge on any atom is -0.380 e. The average Bonchev–Trinajstić information content (AvgIpc) is 2.80. The predicted octanol–water partition coefficient (Wildman–Crippen LogP) is 2.38. The van der Waals surface area contributed by atoms with Crippen molar-refractivity contribution in [3.05, 3.63) is 29.1 Å². The molecular weight excluding hydrogens is 231 g/mol. The average molecular weight is 252 g/mol. The quantitative estimate of drug-likeness (QED) is 0.897. The second-order valence-corrected chi connectivity index (χ2v) is 5.04. The van der Waals surface area contributed by atoms with E-state index in [1.165, 1.54) is 0 Å². The lowest BCUT2D eigenvalue weighted by atomic mass is 10.0. The molecule has 0 spiro atoms. The topological polar surface area (TPSA) is 38.5 Å². The molecule has 18 heavy (non-hydrogen) atoms. The maximum Gasteiger partial charge on any atom is 0.126 e. The maximum absolute atomic E-state index is 13.7. The van der Waals surface area contributed by atoms with Gasteiger partial charge in [-0.2, -0.15) is 0 Å². The first-order valence-corrected chi connectivity index (χ1v) is 6.36. The molecule has 0 saturated carbocycles. The van der Waals surface area contributed by atoms with Crippen molar-refractivity contribution in [1.82, 2.24) is 0 Å². The third-order valence-corrected chi connectivity index (χ3v) is 3.62. The molecular formula is C14H21FN2O. The van der Waals surface area contributed by atoms with Crippen molar-refractivity contribution in [2.24, 2.45) is 5.73 Å². The number of nitrogens with two attached hydrogens (primary N) is 1. The van der Waals surface area contributed by atoms with Gasteiger partial charge in [0.15, 0.2) is 0 Å². The Morgan fingerprint density at radius 1 is 1.50 bits per heavy atom. The van der Waals surface area contributed by atoms with Crippen molar-refractivity contribution in [2.75, 3.05) is 25.1 Å². The molecule has 1 saturated heterocycles. The van der Waals surface area contributed by atoms with Crippen LogP contribution in [-0.2, 0) is 4.74 Å². The van der Waals surface area contributed by atoms with Crippen LogP contribution < -0.4 is 10.6 Å². The molecule has 1 aromatic carbocycles. The van der Waals surface area contributed by atoms with Crippen molar-refractivity contribution in [3.8, 4) is 0 Å². The van der Waals surface area contributed by atoms with E-state index in [4.69, 9.17) is 10.5 Å². The normalized spacial score (nSPS) is 21.4. The Kier molecular flexibility index (Phi) is 3.88. The van der Waals surface area contributed by atoms with Gasteiger partial charge in [0, 0.05) is 31.9 Å². The lowest BCUT2D eigenvalue weighted by molar-refractivity contribution is 0.121. The summed E-state index contributed by atoms with van der Waals surface area (Å²) in [7, 11) is 1.73. The largest absolute Gasteiger partial charge is 0.380 e. The van der Waals surface area contributed by atoms with Crippen LogP contribution >= 0.6 is 0 Å². The highest BCUT2D eigenvalue weighted by molar-refractivity contribution is 5.57. The fraction of sp³-hybridized carbons (Fsp3) is 0.571. The fourth-order valence-corrected chi connectivity index (χ4v) is 2.46. The highest BCUT2D eigenvalue weighted by atomic mass is 19.1. The number of benzene rings is 1. The van der Waals surface area contributed by atoms with Crippen molar-refractivity contribution in [3.63, 3.8) is 0 Å². The number of nitrogens with zero attached hydrogens (tertiary/aromatic N) is 1. The van der Waals surface area contributed by atoms with Gasteiger partial charge in [0.05, 0.1) is 6.10 Å². The van der Waals surface area contributed by atoms with E-state index in [-0.39, 0.29) is 18.0 Å². The minimum atomic E-state index is -0.187. The third-order valence-electron chi connectivity index (χ3n) is 3.62. The molecule has 1 unspecified atom stereocenters. The number of hydrogen-bond donors (Lipinski definition) is 1. The van der Waals surface area contributed by atoms with Gasteiger partial charge in [-0.3, -0.25) is 0 Å². The van der Waals surface area contributed by atoms with Crippen molar-refractivity contribution in [1.29, 1.82) is 0 Å². The molecule has 1 aromatic rings. The molecule has 1 fully saturated rings. The second kappa shape index (κ2) is 5.24. The number of methoxy groups -OCH3 is 1. The Labute approximate surface area is 108 Å². The fourth-order valence-electron chi connectivity index (χ4n) is 2.46. The molecule has 2 rings (SSSR count). The Morgan fingerprint density at radius 2 is 2.22 bits per heavy atom. The van der Waals surface area contributed by atoms with Crippen LogP contribution in [0.5, 0.6) is 0 Å². The van der Waals surface area contributed by atoms with E-state index in [2.05, 4.69) is 4.90 Å². The van der Waals surface area contributed by atoms with Crippen LogP contribution in [0.25, 0.3) is 0 Å². The van der Waals surface area contributed by atoms with Crippen LogP contribution in [-0.4, -0.2) is 26.3 Å². The Hall–Kier alpha value is -1.13. The Balaban J connectivity index is 2.34. The smallest absolute Gasteiger partial charge is 0.126 e. The lowest BCUT2D eigenvalue weighted by Gasteiger charge is -2.24. The minimum absolute atomic E-state index is 0.170. The van der Waals surface area contributed by atoms with Crippen LogP contribution in [0, 0.1) is 12.7 Å². The first-order valence-electron chi connectivity index (χ1n) is 6.36. The monoisotopic (exact) mass is 252 g/mol. The Morgan fingerprint density at radius 3 is 2.78 bits per heavy atom. The van der Waals surface area contributed by atoms with E-state index in [0.717, 1.165) is 30.8 Å². The predicted molar refractivity (Wildman–Crippen MR) is 71.4 cm³/mol. The number of rotatable bonds is 3. The summed E-state index contributed by atoms with van der Waals surface area (Å²) in [5, 5.41) is 0. The Bertz CT molecular complexity index is 434. The zero-order valence-electron chi connectivity index (χ0n) is 11.2. The summed E-state index contributed by atoms with van der Waals surface area (Å²) in [5.74, 6) is -0.187. The maximum atomic E-state index is 13.7. The van der Waals surface area contributed by atoms with E-state index in [1.807, 2.05) is 13.0 Å². The van der Waals surface area contributed by atoms with Crippen molar-refractivity contribution < 1.29 is 9.13 Å². The van der Waals surface area contributed by atoms with Gasteiger partial charge in [-0.25, -0.2) is 4.39 Å². The number of hydrogen-bond acceptors (Lipinski definition) is 3. The highest BCUT2D eigenvalue weighted by Crippen LogP contribution is 2.31. The zero-order chi connectivity index (χ0) is 13.3. The molecule has 2 N–H and O–H groups in total. The summed E-state index contributed by atoms with van der Waals surface area (Å²) >= 11 is 0. The van der Waals surface area contributed by atoms with Gasteiger partial charge in [-0.1, -0.05) is 0 Å². The lowest BCUT2D eigenvalue weighted by Crippen LogP contribution is -2.25. The van der Waals surface area contributed by atoms with Gasteiger partial charge in [0.1, 0.15) is 5.82 Å². The number of halogens is 1. The zero-order valence-corrected chi connectivity index (χ0v) is 11.2. The summed E-state index contributed by atoms with van der Waals surface area (Å²) < 4.78 is 19.0. The van der Waals surface area contributed by atoms with E-state index in [9.17, 15) is 4.39 Å². The molecule has 0 bridgehead atoms. The molecule has 1 aliphatic heterocycles. The van der Waals surface area contributed by atoms with Crippen molar-refractivity contribution in [2.45, 2.75) is 32.4 Å². The molecule has 0 amide bonds. The summed E-state index contributed by atoms with van der Waals surface area (Å²) in [5.41, 5.74) is 8.52.